The Balaban J connectivity index is 0.000000490. The minimum absolute atomic E-state index is 0. The molecule has 0 atom stereocenters. The van der Waals surface area contributed by atoms with E-state index >= 15 is 0 Å². The van der Waals surface area contributed by atoms with Crippen molar-refractivity contribution in [3.05, 3.63) is 0 Å². The van der Waals surface area contributed by atoms with E-state index in [2.05, 4.69) is 11.9 Å². The monoisotopic (exact) mass is 133 g/mol. The highest BCUT2D eigenvalue weighted by Gasteiger charge is 2.02. The summed E-state index contributed by atoms with van der Waals surface area (Å²) >= 11 is 0. The van der Waals surface area contributed by atoms with Gasteiger partial charge in [-0.25, -0.2) is 0 Å². The number of hydrogen-bond acceptors (Lipinski definition) is 2. The first-order valence-electron chi connectivity index (χ1n) is 2.66. The summed E-state index contributed by atoms with van der Waals surface area (Å²) in [7, 11) is 2.11. The van der Waals surface area contributed by atoms with Gasteiger partial charge in [-0.05, 0) is 7.05 Å². The lowest BCUT2D eigenvalue weighted by Crippen LogP contribution is -2.32. The van der Waals surface area contributed by atoms with Crippen molar-refractivity contribution in [3.63, 3.8) is 0 Å². The predicted molar refractivity (Wildman–Crippen MR) is 35.9 cm³/mol. The summed E-state index contributed by atoms with van der Waals surface area (Å²) in [5.74, 6) is 0. The van der Waals surface area contributed by atoms with Crippen LogP contribution in [0.3, 0.4) is 0 Å². The lowest BCUT2D eigenvalue weighted by Gasteiger charge is -2.21. The van der Waals surface area contributed by atoms with Crippen LogP contribution in [-0.2, 0) is 4.74 Å². The first kappa shape index (κ1) is 8.27. The van der Waals surface area contributed by atoms with E-state index in [0.29, 0.717) is 0 Å². The third-order valence-corrected chi connectivity index (χ3v) is 1.23. The molecular weight excluding hydrogens is 122 g/mol. The molecule has 0 amide bonds. The van der Waals surface area contributed by atoms with E-state index in [9.17, 15) is 0 Å². The summed E-state index contributed by atoms with van der Waals surface area (Å²) in [6.07, 6.45) is 0. The number of ether oxygens (including phenoxy) is 1. The maximum atomic E-state index is 5.10. The standard InChI is InChI=1S/C5H11NO.S/c1-6-2-4-7-5-3-6;/h2-5H2,1H3;. The Kier molecular flexibility index (Phi) is 4.32. The van der Waals surface area contributed by atoms with Crippen molar-refractivity contribution < 1.29 is 4.74 Å². The molecule has 1 saturated heterocycles. The molecule has 0 aromatic heterocycles. The van der Waals surface area contributed by atoms with Crippen LogP contribution in [0.25, 0.3) is 0 Å². The van der Waals surface area contributed by atoms with Gasteiger partial charge in [-0.2, -0.15) is 0 Å². The topological polar surface area (TPSA) is 12.5 Å². The van der Waals surface area contributed by atoms with Crippen LogP contribution >= 0.6 is 13.5 Å². The van der Waals surface area contributed by atoms with Crippen molar-refractivity contribution in [2.45, 2.75) is 0 Å². The zero-order valence-electron chi connectivity index (χ0n) is 5.09. The van der Waals surface area contributed by atoms with Gasteiger partial charge in [-0.1, -0.05) is 0 Å². The summed E-state index contributed by atoms with van der Waals surface area (Å²) in [5.41, 5.74) is 0. The van der Waals surface area contributed by atoms with Crippen LogP contribution in [-0.4, -0.2) is 38.3 Å². The van der Waals surface area contributed by atoms with Gasteiger partial charge in [0.05, 0.1) is 13.2 Å². The minimum Gasteiger partial charge on any atom is -0.379 e. The lowest BCUT2D eigenvalue weighted by molar-refractivity contribution is 0.0503. The van der Waals surface area contributed by atoms with Gasteiger partial charge in [0, 0.05) is 26.6 Å². The summed E-state index contributed by atoms with van der Waals surface area (Å²) in [4.78, 5) is 2.27. The van der Waals surface area contributed by atoms with Gasteiger partial charge in [0.25, 0.3) is 0 Å². The molecule has 2 radical (unpaired) electrons. The molecule has 8 heavy (non-hydrogen) atoms. The van der Waals surface area contributed by atoms with Gasteiger partial charge in [-0.15, -0.1) is 0 Å². The molecule has 1 heterocycles. The summed E-state index contributed by atoms with van der Waals surface area (Å²) in [6.45, 7) is 4.02. The Bertz CT molecular complexity index is 54.4. The lowest BCUT2D eigenvalue weighted by atomic mass is 10.5. The van der Waals surface area contributed by atoms with Crippen LogP contribution in [0.1, 0.15) is 0 Å². The molecule has 1 rings (SSSR count). The first-order chi connectivity index (χ1) is 3.39. The van der Waals surface area contributed by atoms with Crippen molar-refractivity contribution in [1.82, 2.24) is 4.90 Å². The Hall–Kier alpha value is 0.270. The van der Waals surface area contributed by atoms with E-state index in [1.807, 2.05) is 0 Å². The van der Waals surface area contributed by atoms with Gasteiger partial charge in [0.1, 0.15) is 0 Å². The molecule has 0 aromatic rings. The van der Waals surface area contributed by atoms with Gasteiger partial charge < -0.3 is 9.64 Å². The molecule has 2 nitrogen and oxygen atoms in total. The number of hydrogen-bond donors (Lipinski definition) is 0. The molecule has 1 fully saturated rings. The SMILES string of the molecule is CN1CCOCC1.[S]. The Morgan fingerprint density at radius 2 is 1.75 bits per heavy atom. The maximum absolute atomic E-state index is 5.10. The van der Waals surface area contributed by atoms with Crippen molar-refractivity contribution in [3.8, 4) is 0 Å². The summed E-state index contributed by atoms with van der Waals surface area (Å²) in [5, 5.41) is 0. The fraction of sp³-hybridized carbons (Fsp3) is 1.00. The first-order valence-corrected chi connectivity index (χ1v) is 2.66. The predicted octanol–water partition coefficient (Wildman–Crippen LogP) is 0.597. The third kappa shape index (κ3) is 2.55. The highest BCUT2D eigenvalue weighted by molar-refractivity contribution is 7.59. The molecule has 1 aliphatic rings. The average Bonchev–Trinajstić information content (AvgIpc) is 1.69. The second kappa shape index (κ2) is 4.18. The second-order valence-corrected chi connectivity index (χ2v) is 1.92. The van der Waals surface area contributed by atoms with Crippen LogP contribution in [0.5, 0.6) is 0 Å². The molecule has 0 unspecified atom stereocenters. The zero-order valence-corrected chi connectivity index (χ0v) is 5.91. The number of likely N-dealkylation sites (N-methyl/N-ethyl adjacent to an activating group) is 1. The second-order valence-electron chi connectivity index (χ2n) is 1.92. The quantitative estimate of drug-likeness (QED) is 0.479. The molecule has 0 spiro atoms. The molecule has 3 heteroatoms. The molecule has 1 aliphatic heterocycles. The summed E-state index contributed by atoms with van der Waals surface area (Å²) < 4.78 is 5.10. The van der Waals surface area contributed by atoms with Gasteiger partial charge in [0.15, 0.2) is 0 Å². The van der Waals surface area contributed by atoms with E-state index in [-0.39, 0.29) is 13.5 Å². The van der Waals surface area contributed by atoms with E-state index in [0.717, 1.165) is 26.3 Å². The highest BCUT2D eigenvalue weighted by atomic mass is 32.1. The maximum Gasteiger partial charge on any atom is 0.0594 e. The Morgan fingerprint density at radius 3 is 2.00 bits per heavy atom. The zero-order chi connectivity index (χ0) is 5.11. The van der Waals surface area contributed by atoms with Crippen molar-refractivity contribution in [2.75, 3.05) is 33.4 Å². The van der Waals surface area contributed by atoms with Crippen molar-refractivity contribution in [2.24, 2.45) is 0 Å². The largest absolute Gasteiger partial charge is 0.379 e. The highest BCUT2D eigenvalue weighted by Crippen LogP contribution is 1.89. The molecule has 0 bridgehead atoms. The molecule has 0 saturated carbocycles. The fourth-order valence-corrected chi connectivity index (χ4v) is 0.655. The summed E-state index contributed by atoms with van der Waals surface area (Å²) in [6, 6.07) is 0. The number of rotatable bonds is 0. The van der Waals surface area contributed by atoms with Crippen molar-refractivity contribution >= 4 is 13.5 Å². The van der Waals surface area contributed by atoms with Gasteiger partial charge in [-0.3, -0.25) is 0 Å². The minimum atomic E-state index is 0. The van der Waals surface area contributed by atoms with Gasteiger partial charge >= 0.3 is 0 Å². The molecule has 0 aromatic carbocycles. The van der Waals surface area contributed by atoms with Crippen molar-refractivity contribution in [1.29, 1.82) is 0 Å². The van der Waals surface area contributed by atoms with Crippen LogP contribution < -0.4 is 0 Å². The normalized spacial score (nSPS) is 22.1. The van der Waals surface area contributed by atoms with Crippen LogP contribution in [0.4, 0.5) is 0 Å². The van der Waals surface area contributed by atoms with Crippen LogP contribution in [0, 0.1) is 0 Å². The average molecular weight is 133 g/mol. The number of nitrogens with zero attached hydrogens (tertiary/aromatic N) is 1. The molecule has 48 valence electrons. The Labute approximate surface area is 57.3 Å². The van der Waals surface area contributed by atoms with E-state index < -0.39 is 0 Å². The fourth-order valence-electron chi connectivity index (χ4n) is 0.655. The smallest absolute Gasteiger partial charge is 0.0594 e. The molecule has 0 N–H and O–H groups in total. The van der Waals surface area contributed by atoms with Crippen LogP contribution in [0.15, 0.2) is 0 Å². The van der Waals surface area contributed by atoms with E-state index in [1.54, 1.807) is 0 Å². The third-order valence-electron chi connectivity index (χ3n) is 1.23. The molecular formula is C5H11NOS. The Morgan fingerprint density at radius 1 is 1.25 bits per heavy atom. The van der Waals surface area contributed by atoms with Gasteiger partial charge in [0.2, 0.25) is 0 Å². The van der Waals surface area contributed by atoms with E-state index in [1.165, 1.54) is 0 Å². The number of morpholine rings is 1. The van der Waals surface area contributed by atoms with Crippen LogP contribution in [0.2, 0.25) is 0 Å². The molecule has 0 aliphatic carbocycles. The van der Waals surface area contributed by atoms with E-state index in [4.69, 9.17) is 4.74 Å².